The molecule has 0 aromatic carbocycles. The highest BCUT2D eigenvalue weighted by molar-refractivity contribution is 9.09. The summed E-state index contributed by atoms with van der Waals surface area (Å²) in [5.41, 5.74) is -0.162. The van der Waals surface area contributed by atoms with Crippen molar-refractivity contribution in [3.63, 3.8) is 0 Å². The van der Waals surface area contributed by atoms with Gasteiger partial charge < -0.3 is 19.7 Å². The average molecular weight is 475 g/mol. The van der Waals surface area contributed by atoms with Crippen LogP contribution < -0.4 is 0 Å². The predicted molar refractivity (Wildman–Crippen MR) is 118 cm³/mol. The van der Waals surface area contributed by atoms with Crippen molar-refractivity contribution in [2.45, 2.75) is 101 Å². The third-order valence-electron chi connectivity index (χ3n) is 6.73. The smallest absolute Gasteiger partial charge is 0.305 e. The van der Waals surface area contributed by atoms with Crippen LogP contribution in [-0.2, 0) is 14.3 Å². The van der Waals surface area contributed by atoms with Crippen LogP contribution in [-0.4, -0.2) is 52.5 Å². The number of carbonyl (C=O) groups is 1. The van der Waals surface area contributed by atoms with E-state index in [0.29, 0.717) is 12.8 Å². The summed E-state index contributed by atoms with van der Waals surface area (Å²) in [5.74, 6) is 0.122. The first-order chi connectivity index (χ1) is 13.7. The molecule has 5 nitrogen and oxygen atoms in total. The van der Waals surface area contributed by atoms with E-state index in [4.69, 9.17) is 9.47 Å². The molecule has 1 aliphatic carbocycles. The Kier molecular flexibility index (Phi) is 9.65. The van der Waals surface area contributed by atoms with E-state index in [0.717, 1.165) is 38.5 Å². The third kappa shape index (κ3) is 6.78. The molecule has 1 aliphatic heterocycles. The maximum absolute atomic E-state index is 11.3. The summed E-state index contributed by atoms with van der Waals surface area (Å²) in [6, 6.07) is 0. The first-order valence-electron chi connectivity index (χ1n) is 11.1. The Balaban J connectivity index is 1.89. The predicted octanol–water partition coefficient (Wildman–Crippen LogP) is 4.38. The molecule has 2 fully saturated rings. The Hall–Kier alpha value is -0.430. The largest absolute Gasteiger partial charge is 0.469 e. The molecule has 0 aromatic heterocycles. The summed E-state index contributed by atoms with van der Waals surface area (Å²) in [4.78, 5) is 11.5. The standard InChI is InChI=1S/C23H39BrO5/c1-5-6-12-23(2,3)21(26)11-10-15-16-13-20(29-19(16)14-18(15)25)17(24)8-7-9-22(27)28-4/h10-11,15-21,25-26H,5-9,12-14H2,1-4H3/t15-,16-,17?,18-,19-,20?,21-/m1/s1. The van der Waals surface area contributed by atoms with Crippen LogP contribution in [0.1, 0.15) is 72.1 Å². The molecule has 29 heavy (non-hydrogen) atoms. The van der Waals surface area contributed by atoms with Crippen molar-refractivity contribution < 1.29 is 24.5 Å². The Morgan fingerprint density at radius 3 is 2.72 bits per heavy atom. The van der Waals surface area contributed by atoms with Crippen molar-refractivity contribution in [1.82, 2.24) is 0 Å². The van der Waals surface area contributed by atoms with Gasteiger partial charge in [0.2, 0.25) is 0 Å². The van der Waals surface area contributed by atoms with E-state index in [1.165, 1.54) is 7.11 Å². The van der Waals surface area contributed by atoms with Crippen LogP contribution in [0.5, 0.6) is 0 Å². The minimum atomic E-state index is -0.513. The maximum Gasteiger partial charge on any atom is 0.305 e. The lowest BCUT2D eigenvalue weighted by Crippen LogP contribution is -2.28. The van der Waals surface area contributed by atoms with Gasteiger partial charge in [-0.05, 0) is 37.0 Å². The van der Waals surface area contributed by atoms with Crippen molar-refractivity contribution in [3.8, 4) is 0 Å². The number of hydrogen-bond donors (Lipinski definition) is 2. The zero-order valence-electron chi connectivity index (χ0n) is 18.4. The zero-order chi connectivity index (χ0) is 21.6. The number of aliphatic hydroxyl groups excluding tert-OH is 2. The van der Waals surface area contributed by atoms with Gasteiger partial charge in [0.1, 0.15) is 0 Å². The zero-order valence-corrected chi connectivity index (χ0v) is 19.9. The van der Waals surface area contributed by atoms with Gasteiger partial charge >= 0.3 is 5.97 Å². The fourth-order valence-electron chi connectivity index (χ4n) is 4.62. The van der Waals surface area contributed by atoms with E-state index in [1.54, 1.807) is 0 Å². The van der Waals surface area contributed by atoms with Gasteiger partial charge in [0.25, 0.3) is 0 Å². The van der Waals surface area contributed by atoms with Crippen LogP contribution in [0.4, 0.5) is 0 Å². The lowest BCUT2D eigenvalue weighted by molar-refractivity contribution is -0.140. The van der Waals surface area contributed by atoms with E-state index in [9.17, 15) is 15.0 Å². The first-order valence-corrected chi connectivity index (χ1v) is 12.0. The molecule has 168 valence electrons. The Bertz CT molecular complexity index is 549. The number of esters is 1. The van der Waals surface area contributed by atoms with Gasteiger partial charge in [-0.3, -0.25) is 4.79 Å². The topological polar surface area (TPSA) is 76.0 Å². The number of methoxy groups -OCH3 is 1. The van der Waals surface area contributed by atoms with Gasteiger partial charge in [-0.2, -0.15) is 0 Å². The lowest BCUT2D eigenvalue weighted by Gasteiger charge is -2.29. The fourth-order valence-corrected chi connectivity index (χ4v) is 5.29. The summed E-state index contributed by atoms with van der Waals surface area (Å²) in [6.45, 7) is 6.37. The summed E-state index contributed by atoms with van der Waals surface area (Å²) < 4.78 is 10.9. The molecule has 1 heterocycles. The molecule has 2 aliphatic rings. The summed E-state index contributed by atoms with van der Waals surface area (Å²) in [7, 11) is 1.41. The average Bonchev–Trinajstić information content (AvgIpc) is 3.21. The Morgan fingerprint density at radius 2 is 2.07 bits per heavy atom. The van der Waals surface area contributed by atoms with E-state index in [1.807, 2.05) is 12.2 Å². The van der Waals surface area contributed by atoms with Crippen molar-refractivity contribution in [1.29, 1.82) is 0 Å². The second kappa shape index (κ2) is 11.3. The molecular formula is C23H39BrO5. The molecule has 0 radical (unpaired) electrons. The van der Waals surface area contributed by atoms with Gasteiger partial charge in [0.05, 0.1) is 31.5 Å². The maximum atomic E-state index is 11.3. The molecular weight excluding hydrogens is 436 g/mol. The number of aliphatic hydroxyl groups is 2. The molecule has 6 heteroatoms. The second-order valence-corrected chi connectivity index (χ2v) is 10.6. The van der Waals surface area contributed by atoms with Crippen LogP contribution in [0.2, 0.25) is 0 Å². The van der Waals surface area contributed by atoms with Crippen LogP contribution in [0, 0.1) is 17.3 Å². The highest BCUT2D eigenvalue weighted by Crippen LogP contribution is 2.46. The number of halogens is 1. The molecule has 1 saturated heterocycles. The molecule has 2 rings (SSSR count). The molecule has 0 aromatic rings. The summed E-state index contributed by atoms with van der Waals surface area (Å²) in [5, 5.41) is 21.2. The SMILES string of the molecule is CCCCC(C)(C)[C@H](O)C=C[C@@H]1[C@H]2CC(C(Br)CCCC(=O)OC)O[C@@H]2C[C@H]1O. The molecule has 2 N–H and O–H groups in total. The second-order valence-electron chi connectivity index (χ2n) is 9.40. The van der Waals surface area contributed by atoms with E-state index in [2.05, 4.69) is 36.7 Å². The highest BCUT2D eigenvalue weighted by atomic mass is 79.9. The van der Waals surface area contributed by atoms with Gasteiger partial charge in [0, 0.05) is 23.6 Å². The molecule has 2 unspecified atom stereocenters. The lowest BCUT2D eigenvalue weighted by atomic mass is 9.80. The van der Waals surface area contributed by atoms with E-state index < -0.39 is 12.2 Å². The third-order valence-corrected chi connectivity index (χ3v) is 7.77. The van der Waals surface area contributed by atoms with Crippen LogP contribution in [0.25, 0.3) is 0 Å². The van der Waals surface area contributed by atoms with Gasteiger partial charge in [-0.1, -0.05) is 61.7 Å². The first kappa shape index (κ1) is 24.8. The van der Waals surface area contributed by atoms with Crippen molar-refractivity contribution in [2.24, 2.45) is 17.3 Å². The summed E-state index contributed by atoms with van der Waals surface area (Å²) in [6.07, 6.45) is 9.94. The van der Waals surface area contributed by atoms with Crippen LogP contribution >= 0.6 is 15.9 Å². The van der Waals surface area contributed by atoms with E-state index in [-0.39, 0.29) is 40.3 Å². The number of fused-ring (bicyclic) bond motifs is 1. The Morgan fingerprint density at radius 1 is 1.34 bits per heavy atom. The number of alkyl halides is 1. The number of unbranched alkanes of at least 4 members (excludes halogenated alkanes) is 1. The Labute approximate surface area is 184 Å². The van der Waals surface area contributed by atoms with Crippen molar-refractivity contribution >= 4 is 21.9 Å². The molecule has 1 saturated carbocycles. The minimum absolute atomic E-state index is 0.0244. The van der Waals surface area contributed by atoms with Crippen molar-refractivity contribution in [2.75, 3.05) is 7.11 Å². The molecule has 0 amide bonds. The quantitative estimate of drug-likeness (QED) is 0.264. The van der Waals surface area contributed by atoms with Crippen molar-refractivity contribution in [3.05, 3.63) is 12.2 Å². The number of rotatable bonds is 11. The highest BCUT2D eigenvalue weighted by Gasteiger charge is 2.49. The number of carbonyl (C=O) groups excluding carboxylic acids is 1. The minimum Gasteiger partial charge on any atom is -0.469 e. The molecule has 0 spiro atoms. The van der Waals surface area contributed by atoms with Gasteiger partial charge in [-0.15, -0.1) is 0 Å². The van der Waals surface area contributed by atoms with E-state index >= 15 is 0 Å². The number of hydrogen-bond acceptors (Lipinski definition) is 5. The van der Waals surface area contributed by atoms with Gasteiger partial charge in [0.15, 0.2) is 0 Å². The normalized spacial score (nSPS) is 31.8. The monoisotopic (exact) mass is 474 g/mol. The fraction of sp³-hybridized carbons (Fsp3) is 0.870. The molecule has 0 bridgehead atoms. The van der Waals surface area contributed by atoms with Crippen LogP contribution in [0.15, 0.2) is 12.2 Å². The van der Waals surface area contributed by atoms with Gasteiger partial charge in [-0.25, -0.2) is 0 Å². The number of ether oxygens (including phenoxy) is 2. The molecule has 7 atom stereocenters. The summed E-state index contributed by atoms with van der Waals surface area (Å²) >= 11 is 3.73. The van der Waals surface area contributed by atoms with Crippen LogP contribution in [0.3, 0.4) is 0 Å².